The summed E-state index contributed by atoms with van der Waals surface area (Å²) >= 11 is 7.64. The lowest BCUT2D eigenvalue weighted by molar-refractivity contribution is -0.120. The quantitative estimate of drug-likeness (QED) is 0.814. The van der Waals surface area contributed by atoms with Crippen LogP contribution in [0.1, 0.15) is 29.8 Å². The Morgan fingerprint density at radius 2 is 2.15 bits per heavy atom. The number of carbonyl (C=O) groups excluding carboxylic acids is 3. The van der Waals surface area contributed by atoms with Crippen molar-refractivity contribution in [2.75, 3.05) is 16.8 Å². The minimum absolute atomic E-state index is 0.225. The first-order chi connectivity index (χ1) is 12.6. The van der Waals surface area contributed by atoms with Gasteiger partial charge in [-0.2, -0.15) is 0 Å². The molecule has 1 atom stereocenters. The Bertz CT molecular complexity index is 862. The molecule has 1 aromatic carbocycles. The predicted octanol–water partition coefficient (Wildman–Crippen LogP) is 3.37. The molecule has 2 aliphatic heterocycles. The van der Waals surface area contributed by atoms with Crippen molar-refractivity contribution >= 4 is 52.2 Å². The van der Waals surface area contributed by atoms with Crippen LogP contribution in [0, 0.1) is 0 Å². The van der Waals surface area contributed by atoms with Gasteiger partial charge in [0.15, 0.2) is 0 Å². The van der Waals surface area contributed by atoms with E-state index >= 15 is 0 Å². The summed E-state index contributed by atoms with van der Waals surface area (Å²) in [4.78, 5) is 44.0. The van der Waals surface area contributed by atoms with Gasteiger partial charge in [0, 0.05) is 17.6 Å². The maximum atomic E-state index is 12.6. The molecule has 4 rings (SSSR count). The maximum absolute atomic E-state index is 12.6. The van der Waals surface area contributed by atoms with Crippen molar-refractivity contribution in [3.63, 3.8) is 0 Å². The zero-order valence-corrected chi connectivity index (χ0v) is 15.2. The number of benzene rings is 1. The van der Waals surface area contributed by atoms with Gasteiger partial charge in [-0.25, -0.2) is 14.7 Å². The number of halogens is 1. The summed E-state index contributed by atoms with van der Waals surface area (Å²) in [5.74, 6) is -0.587. The van der Waals surface area contributed by atoms with Crippen molar-refractivity contribution < 1.29 is 14.4 Å². The van der Waals surface area contributed by atoms with Crippen molar-refractivity contribution in [3.05, 3.63) is 39.8 Å². The number of thiazole rings is 1. The number of amides is 4. The Hall–Kier alpha value is -2.45. The first-order valence-electron chi connectivity index (χ1n) is 8.20. The van der Waals surface area contributed by atoms with Gasteiger partial charge in [0.1, 0.15) is 11.7 Å². The first-order valence-corrected chi connectivity index (χ1v) is 9.52. The second-order valence-electron chi connectivity index (χ2n) is 6.16. The van der Waals surface area contributed by atoms with E-state index < -0.39 is 6.04 Å². The van der Waals surface area contributed by atoms with Crippen LogP contribution in [-0.4, -0.2) is 40.3 Å². The molecule has 2 fully saturated rings. The van der Waals surface area contributed by atoms with Gasteiger partial charge in [0.25, 0.3) is 11.8 Å². The summed E-state index contributed by atoms with van der Waals surface area (Å²) in [5, 5.41) is 4.56. The third kappa shape index (κ3) is 2.85. The molecule has 2 aliphatic rings. The molecule has 0 bridgehead atoms. The number of urea groups is 1. The molecular weight excluding hydrogens is 376 g/mol. The number of piperidine rings is 1. The van der Waals surface area contributed by atoms with Gasteiger partial charge in [-0.1, -0.05) is 11.6 Å². The predicted molar refractivity (Wildman–Crippen MR) is 98.7 cm³/mol. The van der Waals surface area contributed by atoms with E-state index in [0.29, 0.717) is 30.0 Å². The fourth-order valence-corrected chi connectivity index (χ4v) is 4.09. The fraction of sp³-hybridized carbons (Fsp3) is 0.294. The summed E-state index contributed by atoms with van der Waals surface area (Å²) in [5.41, 5.74) is 2.69. The minimum atomic E-state index is -0.392. The van der Waals surface area contributed by atoms with E-state index in [2.05, 4.69) is 10.3 Å². The molecule has 1 unspecified atom stereocenters. The van der Waals surface area contributed by atoms with Gasteiger partial charge in [-0.3, -0.25) is 9.59 Å². The summed E-state index contributed by atoms with van der Waals surface area (Å²) in [6, 6.07) is 3.99. The topological polar surface area (TPSA) is 82.6 Å². The monoisotopic (exact) mass is 390 g/mol. The standard InChI is InChI=1S/C17H15ClN4O3S/c18-11-7-10(20-15(23)12-8-26-9-19-12)4-5-13(11)22-16(24)14-3-1-2-6-21(14)17(22)25/h4-5,7-9,14H,1-3,6H2,(H,20,23). The molecule has 2 aromatic rings. The van der Waals surface area contributed by atoms with Crippen LogP contribution in [0.15, 0.2) is 29.1 Å². The van der Waals surface area contributed by atoms with E-state index in [1.54, 1.807) is 27.9 Å². The molecular formula is C17H15ClN4O3S. The lowest BCUT2D eigenvalue weighted by atomic mass is 10.0. The Kier molecular flexibility index (Phi) is 4.37. The van der Waals surface area contributed by atoms with Gasteiger partial charge in [-0.05, 0) is 37.5 Å². The van der Waals surface area contributed by atoms with E-state index in [4.69, 9.17) is 11.6 Å². The SMILES string of the molecule is O=C(Nc1ccc(N2C(=O)C3CCCCN3C2=O)c(Cl)c1)c1cscn1. The summed E-state index contributed by atoms with van der Waals surface area (Å²) in [7, 11) is 0. The van der Waals surface area contributed by atoms with Crippen LogP contribution in [0.3, 0.4) is 0 Å². The van der Waals surface area contributed by atoms with Crippen LogP contribution < -0.4 is 10.2 Å². The van der Waals surface area contributed by atoms with Crippen molar-refractivity contribution in [2.45, 2.75) is 25.3 Å². The van der Waals surface area contributed by atoms with Crippen LogP contribution in [-0.2, 0) is 4.79 Å². The number of fused-ring (bicyclic) bond motifs is 1. The zero-order chi connectivity index (χ0) is 18.3. The Labute approximate surface area is 158 Å². The molecule has 9 heteroatoms. The molecule has 134 valence electrons. The summed E-state index contributed by atoms with van der Waals surface area (Å²) < 4.78 is 0. The lowest BCUT2D eigenvalue weighted by Gasteiger charge is -2.26. The van der Waals surface area contributed by atoms with Crippen LogP contribution in [0.25, 0.3) is 0 Å². The van der Waals surface area contributed by atoms with E-state index in [1.807, 2.05) is 0 Å². The molecule has 1 aromatic heterocycles. The highest BCUT2D eigenvalue weighted by Crippen LogP contribution is 2.35. The lowest BCUT2D eigenvalue weighted by Crippen LogP contribution is -2.39. The second kappa shape index (κ2) is 6.69. The van der Waals surface area contributed by atoms with Crippen LogP contribution >= 0.6 is 22.9 Å². The average molecular weight is 391 g/mol. The summed E-state index contributed by atoms with van der Waals surface area (Å²) in [6.07, 6.45) is 2.52. The highest BCUT2D eigenvalue weighted by Gasteiger charge is 2.47. The third-order valence-electron chi connectivity index (χ3n) is 4.56. The molecule has 1 N–H and O–H groups in total. The van der Waals surface area contributed by atoms with E-state index in [1.165, 1.54) is 17.4 Å². The van der Waals surface area contributed by atoms with E-state index in [-0.39, 0.29) is 22.9 Å². The maximum Gasteiger partial charge on any atom is 0.332 e. The van der Waals surface area contributed by atoms with E-state index in [0.717, 1.165) is 17.7 Å². The number of imide groups is 1. The highest BCUT2D eigenvalue weighted by molar-refractivity contribution is 7.07. The number of anilines is 2. The summed E-state index contributed by atoms with van der Waals surface area (Å²) in [6.45, 7) is 0.588. The molecule has 7 nitrogen and oxygen atoms in total. The van der Waals surface area contributed by atoms with Gasteiger partial charge >= 0.3 is 6.03 Å². The van der Waals surface area contributed by atoms with Crippen LogP contribution in [0.2, 0.25) is 5.02 Å². The molecule has 26 heavy (non-hydrogen) atoms. The van der Waals surface area contributed by atoms with E-state index in [9.17, 15) is 14.4 Å². The Morgan fingerprint density at radius 1 is 1.31 bits per heavy atom. The fourth-order valence-electron chi connectivity index (χ4n) is 3.30. The van der Waals surface area contributed by atoms with Crippen LogP contribution in [0.5, 0.6) is 0 Å². The zero-order valence-electron chi connectivity index (χ0n) is 13.6. The molecule has 4 amide bonds. The number of rotatable bonds is 3. The molecule has 2 saturated heterocycles. The molecule has 0 spiro atoms. The Morgan fingerprint density at radius 3 is 2.85 bits per heavy atom. The van der Waals surface area contributed by atoms with Crippen molar-refractivity contribution in [2.24, 2.45) is 0 Å². The van der Waals surface area contributed by atoms with Crippen LogP contribution in [0.4, 0.5) is 16.2 Å². The second-order valence-corrected chi connectivity index (χ2v) is 7.28. The third-order valence-corrected chi connectivity index (χ3v) is 5.45. The smallest absolute Gasteiger partial charge is 0.321 e. The number of carbonyl (C=O) groups is 3. The number of aromatic nitrogens is 1. The van der Waals surface area contributed by atoms with Gasteiger partial charge in [0.2, 0.25) is 0 Å². The van der Waals surface area contributed by atoms with Gasteiger partial charge < -0.3 is 10.2 Å². The largest absolute Gasteiger partial charge is 0.332 e. The first kappa shape index (κ1) is 17.0. The van der Waals surface area contributed by atoms with Gasteiger partial charge in [-0.15, -0.1) is 11.3 Å². The average Bonchev–Trinajstić information content (AvgIpc) is 3.25. The van der Waals surface area contributed by atoms with Gasteiger partial charge in [0.05, 0.1) is 16.2 Å². The molecule has 0 saturated carbocycles. The number of hydrogen-bond donors (Lipinski definition) is 1. The Balaban J connectivity index is 1.57. The number of hydrogen-bond acceptors (Lipinski definition) is 5. The minimum Gasteiger partial charge on any atom is -0.321 e. The molecule has 0 aliphatic carbocycles. The normalized spacial score (nSPS) is 19.7. The highest BCUT2D eigenvalue weighted by atomic mass is 35.5. The van der Waals surface area contributed by atoms with Crippen molar-refractivity contribution in [1.29, 1.82) is 0 Å². The molecule has 0 radical (unpaired) electrons. The van der Waals surface area contributed by atoms with Crippen molar-refractivity contribution in [3.8, 4) is 0 Å². The van der Waals surface area contributed by atoms with Crippen molar-refractivity contribution in [1.82, 2.24) is 9.88 Å². The number of nitrogens with one attached hydrogen (secondary N) is 1. The number of nitrogens with zero attached hydrogens (tertiary/aromatic N) is 3. The molecule has 3 heterocycles.